The van der Waals surface area contributed by atoms with Gasteiger partial charge in [-0.2, -0.15) is 0 Å². The van der Waals surface area contributed by atoms with E-state index in [-0.39, 0.29) is 24.3 Å². The molecule has 6 heteroatoms. The molecule has 1 aliphatic rings. The van der Waals surface area contributed by atoms with Crippen molar-refractivity contribution in [1.82, 2.24) is 4.90 Å². The molecule has 1 unspecified atom stereocenters. The third kappa shape index (κ3) is 2.81. The van der Waals surface area contributed by atoms with Gasteiger partial charge in [0.25, 0.3) is 5.91 Å². The van der Waals surface area contributed by atoms with Crippen molar-refractivity contribution in [2.45, 2.75) is 25.8 Å². The molecule has 0 saturated heterocycles. The number of halogens is 1. The van der Waals surface area contributed by atoms with E-state index in [1.807, 2.05) is 0 Å². The van der Waals surface area contributed by atoms with Crippen LogP contribution in [0.3, 0.4) is 0 Å². The Morgan fingerprint density at radius 2 is 2.14 bits per heavy atom. The Balaban J connectivity index is 1.86. The number of carboxylic acids is 1. The van der Waals surface area contributed by atoms with Crippen molar-refractivity contribution in [2.75, 3.05) is 6.54 Å². The number of benzene rings is 1. The summed E-state index contributed by atoms with van der Waals surface area (Å²) in [5.41, 5.74) is 0.437. The molecular weight excluding hydrogens is 289 g/mol. The zero-order valence-corrected chi connectivity index (χ0v) is 12.1. The van der Waals surface area contributed by atoms with E-state index in [9.17, 15) is 14.0 Å². The molecule has 0 bridgehead atoms. The van der Waals surface area contributed by atoms with E-state index in [1.54, 1.807) is 11.8 Å². The summed E-state index contributed by atoms with van der Waals surface area (Å²) in [7, 11) is 0. The van der Waals surface area contributed by atoms with Gasteiger partial charge in [-0.05, 0) is 37.1 Å². The van der Waals surface area contributed by atoms with Gasteiger partial charge in [0, 0.05) is 18.0 Å². The van der Waals surface area contributed by atoms with Gasteiger partial charge in [-0.15, -0.1) is 0 Å². The molecule has 0 spiro atoms. The van der Waals surface area contributed by atoms with Crippen LogP contribution in [-0.2, 0) is 4.79 Å². The van der Waals surface area contributed by atoms with Crippen LogP contribution in [0.2, 0.25) is 0 Å². The Kier molecular flexibility index (Phi) is 3.60. The number of carbonyl (C=O) groups is 2. The van der Waals surface area contributed by atoms with Crippen molar-refractivity contribution in [1.29, 1.82) is 0 Å². The second-order valence-electron chi connectivity index (χ2n) is 5.72. The number of carboxylic acid groups (broad SMARTS) is 1. The first kappa shape index (κ1) is 14.6. The number of rotatable bonds is 5. The average Bonchev–Trinajstić information content (AvgIpc) is 3.22. The summed E-state index contributed by atoms with van der Waals surface area (Å²) in [6.07, 6.45) is 1.74. The van der Waals surface area contributed by atoms with Crippen LogP contribution in [0.4, 0.5) is 4.39 Å². The van der Waals surface area contributed by atoms with E-state index < -0.39 is 17.7 Å². The van der Waals surface area contributed by atoms with Gasteiger partial charge in [0.2, 0.25) is 0 Å². The van der Waals surface area contributed by atoms with E-state index in [0.29, 0.717) is 11.0 Å². The van der Waals surface area contributed by atoms with Crippen LogP contribution in [-0.4, -0.2) is 34.5 Å². The maximum absolute atomic E-state index is 13.2. The fourth-order valence-corrected chi connectivity index (χ4v) is 2.42. The summed E-state index contributed by atoms with van der Waals surface area (Å²) < 4.78 is 18.7. The lowest BCUT2D eigenvalue weighted by Gasteiger charge is -2.23. The fourth-order valence-electron chi connectivity index (χ4n) is 2.42. The zero-order chi connectivity index (χ0) is 15.9. The van der Waals surface area contributed by atoms with Crippen LogP contribution in [0.1, 0.15) is 30.3 Å². The Morgan fingerprint density at radius 1 is 1.41 bits per heavy atom. The van der Waals surface area contributed by atoms with Crippen LogP contribution in [0.5, 0.6) is 0 Å². The van der Waals surface area contributed by atoms with E-state index in [0.717, 1.165) is 12.8 Å². The molecule has 1 amide bonds. The Morgan fingerprint density at radius 3 is 2.77 bits per heavy atom. The minimum atomic E-state index is -0.940. The fraction of sp³-hybridized carbons (Fsp3) is 0.375. The molecule has 1 atom stereocenters. The van der Waals surface area contributed by atoms with Crippen LogP contribution in [0.15, 0.2) is 28.7 Å². The molecular formula is C16H16FNO4. The maximum Gasteiger partial charge on any atom is 0.308 e. The molecule has 1 saturated carbocycles. The predicted octanol–water partition coefficient (Wildman–Crippen LogP) is 2.90. The highest BCUT2D eigenvalue weighted by molar-refractivity contribution is 5.96. The monoisotopic (exact) mass is 305 g/mol. The molecule has 3 rings (SSSR count). The maximum atomic E-state index is 13.2. The summed E-state index contributed by atoms with van der Waals surface area (Å²) in [4.78, 5) is 25.1. The lowest BCUT2D eigenvalue weighted by atomic mass is 10.1. The molecule has 1 N–H and O–H groups in total. The zero-order valence-electron chi connectivity index (χ0n) is 12.1. The number of carbonyl (C=O) groups excluding carboxylic acids is 1. The minimum absolute atomic E-state index is 0.0687. The molecule has 22 heavy (non-hydrogen) atoms. The third-order valence-electron chi connectivity index (χ3n) is 3.83. The summed E-state index contributed by atoms with van der Waals surface area (Å²) in [6.45, 7) is 1.71. The molecule has 1 aliphatic carbocycles. The van der Waals surface area contributed by atoms with Crippen molar-refractivity contribution in [3.05, 3.63) is 35.8 Å². The summed E-state index contributed by atoms with van der Waals surface area (Å²) in [5, 5.41) is 9.55. The topological polar surface area (TPSA) is 70.8 Å². The van der Waals surface area contributed by atoms with E-state index in [1.165, 1.54) is 24.3 Å². The first-order valence-electron chi connectivity index (χ1n) is 7.18. The molecule has 0 aliphatic heterocycles. The standard InChI is InChI=1S/C16H16FNO4/c1-9(16(20)21)8-18(12-3-4-12)15(19)14-7-10-6-11(17)2-5-13(10)22-14/h2,5-7,9,12H,3-4,8H2,1H3,(H,20,21). The van der Waals surface area contributed by atoms with Crippen molar-refractivity contribution < 1.29 is 23.5 Å². The lowest BCUT2D eigenvalue weighted by molar-refractivity contribution is -0.141. The molecule has 2 aromatic rings. The number of aliphatic carboxylic acids is 1. The SMILES string of the molecule is CC(CN(C(=O)c1cc2cc(F)ccc2o1)C1CC1)C(=O)O. The van der Waals surface area contributed by atoms with E-state index in [2.05, 4.69) is 0 Å². The van der Waals surface area contributed by atoms with E-state index in [4.69, 9.17) is 9.52 Å². The summed E-state index contributed by atoms with van der Waals surface area (Å²) in [6, 6.07) is 5.62. The first-order chi connectivity index (χ1) is 10.5. The van der Waals surface area contributed by atoms with Crippen molar-refractivity contribution in [3.8, 4) is 0 Å². The molecule has 1 fully saturated rings. The molecule has 5 nitrogen and oxygen atoms in total. The Labute approximate surface area is 126 Å². The molecule has 0 radical (unpaired) electrons. The van der Waals surface area contributed by atoms with Gasteiger partial charge < -0.3 is 14.4 Å². The van der Waals surface area contributed by atoms with Crippen molar-refractivity contribution >= 4 is 22.8 Å². The van der Waals surface area contributed by atoms with Gasteiger partial charge in [-0.25, -0.2) is 4.39 Å². The quantitative estimate of drug-likeness (QED) is 0.922. The van der Waals surface area contributed by atoms with Crippen LogP contribution in [0, 0.1) is 11.7 Å². The van der Waals surface area contributed by atoms with Gasteiger partial charge in [-0.1, -0.05) is 6.92 Å². The highest BCUT2D eigenvalue weighted by Crippen LogP contribution is 2.30. The van der Waals surface area contributed by atoms with Crippen molar-refractivity contribution in [2.24, 2.45) is 5.92 Å². The lowest BCUT2D eigenvalue weighted by Crippen LogP contribution is -2.38. The number of amides is 1. The first-order valence-corrected chi connectivity index (χ1v) is 7.18. The number of furan rings is 1. The second kappa shape index (κ2) is 5.44. The molecule has 116 valence electrons. The highest BCUT2D eigenvalue weighted by Gasteiger charge is 2.36. The van der Waals surface area contributed by atoms with Gasteiger partial charge in [0.15, 0.2) is 5.76 Å². The second-order valence-corrected chi connectivity index (χ2v) is 5.72. The van der Waals surface area contributed by atoms with Gasteiger partial charge >= 0.3 is 5.97 Å². The predicted molar refractivity (Wildman–Crippen MR) is 77.0 cm³/mol. The molecule has 1 heterocycles. The largest absolute Gasteiger partial charge is 0.481 e. The van der Waals surface area contributed by atoms with Gasteiger partial charge in [0.1, 0.15) is 11.4 Å². The van der Waals surface area contributed by atoms with Crippen molar-refractivity contribution in [3.63, 3.8) is 0 Å². The minimum Gasteiger partial charge on any atom is -0.481 e. The smallest absolute Gasteiger partial charge is 0.308 e. The van der Waals surface area contributed by atoms with Crippen LogP contribution < -0.4 is 0 Å². The van der Waals surface area contributed by atoms with E-state index >= 15 is 0 Å². The molecule has 1 aromatic heterocycles. The summed E-state index contributed by atoms with van der Waals surface area (Å²) >= 11 is 0. The molecule has 1 aromatic carbocycles. The number of fused-ring (bicyclic) bond motifs is 1. The van der Waals surface area contributed by atoms with Gasteiger partial charge in [-0.3, -0.25) is 9.59 Å². The normalized spacial score (nSPS) is 15.7. The third-order valence-corrected chi connectivity index (χ3v) is 3.83. The average molecular weight is 305 g/mol. The number of hydrogen-bond acceptors (Lipinski definition) is 3. The van der Waals surface area contributed by atoms with Gasteiger partial charge in [0.05, 0.1) is 5.92 Å². The van der Waals surface area contributed by atoms with Crippen LogP contribution in [0.25, 0.3) is 11.0 Å². The summed E-state index contributed by atoms with van der Waals surface area (Å²) in [5.74, 6) is -2.21. The Bertz CT molecular complexity index is 735. The number of hydrogen-bond donors (Lipinski definition) is 1. The number of nitrogens with zero attached hydrogens (tertiary/aromatic N) is 1. The van der Waals surface area contributed by atoms with Crippen LogP contribution >= 0.6 is 0 Å². The Hall–Kier alpha value is -2.37. The highest BCUT2D eigenvalue weighted by atomic mass is 19.1.